The molecule has 0 spiro atoms. The molecule has 9 heteroatoms. The minimum atomic E-state index is -4.66. The van der Waals surface area contributed by atoms with E-state index in [0.29, 0.717) is 21.9 Å². The van der Waals surface area contributed by atoms with Gasteiger partial charge in [0.1, 0.15) is 10.0 Å². The minimum Gasteiger partial charge on any atom is -0.231 e. The zero-order chi connectivity index (χ0) is 14.0. The van der Waals surface area contributed by atoms with Gasteiger partial charge in [-0.15, -0.1) is 11.3 Å². The van der Waals surface area contributed by atoms with Gasteiger partial charge in [-0.25, -0.2) is 4.98 Å². The number of halogens is 4. The number of thiazole rings is 1. The number of hydrogen-bond donors (Lipinski definition) is 0. The number of azide groups is 1. The van der Waals surface area contributed by atoms with Crippen LogP contribution in [0.3, 0.4) is 0 Å². The summed E-state index contributed by atoms with van der Waals surface area (Å²) < 4.78 is 38.1. The predicted octanol–water partition coefficient (Wildman–Crippen LogP) is 5.42. The summed E-state index contributed by atoms with van der Waals surface area (Å²) in [5.41, 5.74) is 7.57. The van der Waals surface area contributed by atoms with E-state index < -0.39 is 16.9 Å². The molecule has 0 saturated carbocycles. The van der Waals surface area contributed by atoms with Crippen molar-refractivity contribution >= 4 is 27.9 Å². The topological polar surface area (TPSA) is 61.7 Å². The molecular weight excluding hydrogens is 301 g/mol. The normalized spacial score (nSPS) is 11.2. The highest BCUT2D eigenvalue weighted by Crippen LogP contribution is 2.42. The molecule has 0 aliphatic rings. The van der Waals surface area contributed by atoms with Crippen molar-refractivity contribution in [2.75, 3.05) is 0 Å². The largest absolute Gasteiger partial charge is 0.434 e. The van der Waals surface area contributed by atoms with Gasteiger partial charge < -0.3 is 0 Å². The van der Waals surface area contributed by atoms with Gasteiger partial charge in [0, 0.05) is 15.5 Å². The molecule has 0 aliphatic carbocycles. The van der Waals surface area contributed by atoms with Gasteiger partial charge in [0.25, 0.3) is 0 Å². The molecule has 1 aromatic heterocycles. The Balaban J connectivity index is 2.54. The third-order valence-electron chi connectivity index (χ3n) is 2.10. The molecule has 2 rings (SSSR count). The molecule has 4 nitrogen and oxygen atoms in total. The summed E-state index contributed by atoms with van der Waals surface area (Å²) in [6.07, 6.45) is -4.66. The van der Waals surface area contributed by atoms with E-state index in [2.05, 4.69) is 15.0 Å². The van der Waals surface area contributed by atoms with Crippen LogP contribution in [0.25, 0.3) is 21.0 Å². The van der Waals surface area contributed by atoms with Crippen LogP contribution in [0, 0.1) is 0 Å². The fourth-order valence-corrected chi connectivity index (χ4v) is 2.36. The van der Waals surface area contributed by atoms with Crippen LogP contribution in [0.15, 0.2) is 29.4 Å². The maximum atomic E-state index is 12.7. The van der Waals surface area contributed by atoms with Crippen molar-refractivity contribution in [3.8, 4) is 10.6 Å². The first-order valence-corrected chi connectivity index (χ1v) is 6.00. The third kappa shape index (κ3) is 2.98. The van der Waals surface area contributed by atoms with Gasteiger partial charge in [0.15, 0.2) is 5.69 Å². The van der Waals surface area contributed by atoms with Gasteiger partial charge in [-0.3, -0.25) is 0 Å². The average molecular weight is 305 g/mol. The van der Waals surface area contributed by atoms with Gasteiger partial charge in [-0.1, -0.05) is 23.7 Å². The molecule has 0 unspecified atom stereocenters. The zero-order valence-electron chi connectivity index (χ0n) is 9.02. The van der Waals surface area contributed by atoms with Crippen LogP contribution in [0.1, 0.15) is 5.69 Å². The summed E-state index contributed by atoms with van der Waals surface area (Å²) >= 11 is 6.37. The number of benzene rings is 1. The highest BCUT2D eigenvalue weighted by Gasteiger charge is 2.37. The lowest BCUT2D eigenvalue weighted by molar-refractivity contribution is -0.140. The molecule has 0 radical (unpaired) electrons. The molecule has 0 saturated heterocycles. The van der Waals surface area contributed by atoms with E-state index in [-0.39, 0.29) is 5.01 Å². The molecule has 0 aliphatic heterocycles. The van der Waals surface area contributed by atoms with Crippen LogP contribution in [-0.2, 0) is 6.18 Å². The van der Waals surface area contributed by atoms with Crippen LogP contribution in [0.5, 0.6) is 0 Å². The van der Waals surface area contributed by atoms with E-state index in [0.717, 1.165) is 0 Å². The second-order valence-electron chi connectivity index (χ2n) is 3.37. The van der Waals surface area contributed by atoms with Crippen molar-refractivity contribution < 1.29 is 13.2 Å². The lowest BCUT2D eigenvalue weighted by atomic mass is 10.2. The van der Waals surface area contributed by atoms with E-state index >= 15 is 0 Å². The molecular formula is C10H4ClF3N4S. The van der Waals surface area contributed by atoms with E-state index in [1.54, 1.807) is 24.3 Å². The Bertz CT molecular complexity index is 644. The van der Waals surface area contributed by atoms with Crippen LogP contribution >= 0.6 is 22.9 Å². The standard InChI is InChI=1S/C10H4ClF3N4S/c11-6-3-1-5(2-4-6)8-16-7(10(12,13)14)9(19-8)17-18-15/h1-4H. The molecule has 0 N–H and O–H groups in total. The Kier molecular flexibility index (Phi) is 3.66. The van der Waals surface area contributed by atoms with Gasteiger partial charge in [-0.2, -0.15) is 13.2 Å². The van der Waals surface area contributed by atoms with Gasteiger partial charge in [0.2, 0.25) is 0 Å². The Labute approximate surface area is 114 Å². The van der Waals surface area contributed by atoms with E-state index in [1.807, 2.05) is 0 Å². The van der Waals surface area contributed by atoms with E-state index in [4.69, 9.17) is 17.1 Å². The molecule has 98 valence electrons. The van der Waals surface area contributed by atoms with Gasteiger partial charge >= 0.3 is 6.18 Å². The van der Waals surface area contributed by atoms with Crippen molar-refractivity contribution in [2.45, 2.75) is 6.18 Å². The van der Waals surface area contributed by atoms with E-state index in [9.17, 15) is 13.2 Å². The lowest BCUT2D eigenvalue weighted by Gasteiger charge is -2.02. The second kappa shape index (κ2) is 5.08. The molecule has 0 amide bonds. The van der Waals surface area contributed by atoms with Gasteiger partial charge in [-0.05, 0) is 22.8 Å². The summed E-state index contributed by atoms with van der Waals surface area (Å²) in [5, 5.41) is 3.11. The van der Waals surface area contributed by atoms with Crippen molar-refractivity contribution in [1.29, 1.82) is 0 Å². The fraction of sp³-hybridized carbons (Fsp3) is 0.100. The third-order valence-corrected chi connectivity index (χ3v) is 3.35. The molecule has 1 aromatic carbocycles. The summed E-state index contributed by atoms with van der Waals surface area (Å²) in [7, 11) is 0. The first kappa shape index (κ1) is 13.7. The molecule has 0 atom stereocenters. The first-order chi connectivity index (χ1) is 8.91. The van der Waals surface area contributed by atoms with Crippen LogP contribution < -0.4 is 0 Å². The summed E-state index contributed by atoms with van der Waals surface area (Å²) in [6.45, 7) is 0. The predicted molar refractivity (Wildman–Crippen MR) is 66.4 cm³/mol. The van der Waals surface area contributed by atoms with Crippen molar-refractivity contribution in [2.24, 2.45) is 5.11 Å². The van der Waals surface area contributed by atoms with Crippen molar-refractivity contribution in [1.82, 2.24) is 4.98 Å². The van der Waals surface area contributed by atoms with E-state index in [1.165, 1.54) is 0 Å². The Morgan fingerprint density at radius 3 is 2.42 bits per heavy atom. The first-order valence-electron chi connectivity index (χ1n) is 4.81. The minimum absolute atomic E-state index is 0.117. The summed E-state index contributed by atoms with van der Waals surface area (Å²) in [6, 6.07) is 6.17. The highest BCUT2D eigenvalue weighted by molar-refractivity contribution is 7.18. The summed E-state index contributed by atoms with van der Waals surface area (Å²) in [4.78, 5) is 5.86. The molecule has 0 bridgehead atoms. The average Bonchev–Trinajstić information content (AvgIpc) is 2.74. The summed E-state index contributed by atoms with van der Waals surface area (Å²) in [5.74, 6) is 0. The van der Waals surface area contributed by atoms with Crippen LogP contribution in [0.2, 0.25) is 5.02 Å². The highest BCUT2D eigenvalue weighted by atomic mass is 35.5. The van der Waals surface area contributed by atoms with Crippen LogP contribution in [-0.4, -0.2) is 4.98 Å². The van der Waals surface area contributed by atoms with Crippen molar-refractivity contribution in [3.05, 3.63) is 45.4 Å². The number of alkyl halides is 3. The number of hydrogen-bond acceptors (Lipinski definition) is 3. The maximum Gasteiger partial charge on any atom is 0.434 e. The number of nitrogens with zero attached hydrogens (tertiary/aromatic N) is 4. The smallest absolute Gasteiger partial charge is 0.231 e. The number of rotatable bonds is 2. The second-order valence-corrected chi connectivity index (χ2v) is 4.78. The SMILES string of the molecule is [N-]=[N+]=Nc1sc(-c2ccc(Cl)cc2)nc1C(F)(F)F. The molecule has 1 heterocycles. The molecule has 19 heavy (non-hydrogen) atoms. The fourth-order valence-electron chi connectivity index (χ4n) is 1.32. The Morgan fingerprint density at radius 1 is 1.26 bits per heavy atom. The monoisotopic (exact) mass is 304 g/mol. The van der Waals surface area contributed by atoms with Crippen LogP contribution in [0.4, 0.5) is 18.2 Å². The Morgan fingerprint density at radius 2 is 1.89 bits per heavy atom. The van der Waals surface area contributed by atoms with Crippen molar-refractivity contribution in [3.63, 3.8) is 0 Å². The quantitative estimate of drug-likeness (QED) is 0.415. The molecule has 2 aromatic rings. The maximum absolute atomic E-state index is 12.7. The Hall–Kier alpha value is -1.76. The zero-order valence-corrected chi connectivity index (χ0v) is 10.6. The van der Waals surface area contributed by atoms with Gasteiger partial charge in [0.05, 0.1) is 0 Å². The molecule has 0 fully saturated rings. The number of aromatic nitrogens is 1. The lowest BCUT2D eigenvalue weighted by Crippen LogP contribution is -2.05.